The molecule has 1 fully saturated rings. The number of anilines is 1. The van der Waals surface area contributed by atoms with Crippen molar-refractivity contribution in [2.45, 2.75) is 39.2 Å². The summed E-state index contributed by atoms with van der Waals surface area (Å²) in [4.78, 5) is 21.2. The van der Waals surface area contributed by atoms with Crippen LogP contribution in [0.1, 0.15) is 33.3 Å². The summed E-state index contributed by atoms with van der Waals surface area (Å²) in [5, 5.41) is 0. The molecule has 1 aliphatic heterocycles. The Morgan fingerprint density at radius 3 is 2.26 bits per heavy atom. The highest BCUT2D eigenvalue weighted by atomic mass is 16.5. The van der Waals surface area contributed by atoms with Gasteiger partial charge in [0.15, 0.2) is 6.10 Å². The summed E-state index contributed by atoms with van der Waals surface area (Å²) in [6.45, 7) is 11.3. The summed E-state index contributed by atoms with van der Waals surface area (Å²) in [6, 6.07) is 13.9. The molecular weight excluding hydrogens is 338 g/mol. The van der Waals surface area contributed by atoms with Gasteiger partial charge in [-0.15, -0.1) is 0 Å². The van der Waals surface area contributed by atoms with Crippen LogP contribution in [0.15, 0.2) is 48.7 Å². The van der Waals surface area contributed by atoms with E-state index < -0.39 is 6.10 Å². The summed E-state index contributed by atoms with van der Waals surface area (Å²) in [5.41, 5.74) is 1.35. The van der Waals surface area contributed by atoms with Gasteiger partial charge in [0.1, 0.15) is 11.6 Å². The van der Waals surface area contributed by atoms with Crippen LogP contribution in [-0.4, -0.2) is 48.1 Å². The van der Waals surface area contributed by atoms with Gasteiger partial charge in [-0.2, -0.15) is 0 Å². The number of ether oxygens (including phenoxy) is 1. The van der Waals surface area contributed by atoms with Crippen molar-refractivity contribution in [3.8, 4) is 5.75 Å². The lowest BCUT2D eigenvalue weighted by Gasteiger charge is -2.36. The Balaban J connectivity index is 1.54. The molecule has 1 aromatic heterocycles. The highest BCUT2D eigenvalue weighted by molar-refractivity contribution is 5.81. The number of aromatic nitrogens is 1. The predicted octanol–water partition coefficient (Wildman–Crippen LogP) is 3.50. The number of hydrogen-bond donors (Lipinski definition) is 0. The van der Waals surface area contributed by atoms with E-state index in [2.05, 4.69) is 42.8 Å². The van der Waals surface area contributed by atoms with Crippen molar-refractivity contribution in [1.82, 2.24) is 9.88 Å². The molecule has 1 unspecified atom stereocenters. The Hall–Kier alpha value is -2.56. The van der Waals surface area contributed by atoms with Crippen LogP contribution in [0, 0.1) is 0 Å². The zero-order chi connectivity index (χ0) is 19.4. The lowest BCUT2D eigenvalue weighted by atomic mass is 9.87. The molecule has 144 valence electrons. The van der Waals surface area contributed by atoms with E-state index in [9.17, 15) is 4.79 Å². The average molecular weight is 367 g/mol. The summed E-state index contributed by atoms with van der Waals surface area (Å²) < 4.78 is 5.89. The number of amides is 1. The predicted molar refractivity (Wildman–Crippen MR) is 108 cm³/mol. The molecule has 0 radical (unpaired) electrons. The van der Waals surface area contributed by atoms with Crippen LogP contribution in [0.5, 0.6) is 5.75 Å². The van der Waals surface area contributed by atoms with Crippen molar-refractivity contribution in [3.63, 3.8) is 0 Å². The molecule has 5 heteroatoms. The first-order chi connectivity index (χ1) is 12.8. The lowest BCUT2D eigenvalue weighted by Crippen LogP contribution is -2.52. The minimum atomic E-state index is -0.494. The molecule has 1 aromatic carbocycles. The van der Waals surface area contributed by atoms with Gasteiger partial charge in [0.25, 0.3) is 5.91 Å². The van der Waals surface area contributed by atoms with Crippen molar-refractivity contribution >= 4 is 11.7 Å². The number of piperazine rings is 1. The molecule has 5 nitrogen and oxygen atoms in total. The highest BCUT2D eigenvalue weighted by Crippen LogP contribution is 2.25. The van der Waals surface area contributed by atoms with Gasteiger partial charge < -0.3 is 14.5 Å². The quantitative estimate of drug-likeness (QED) is 0.830. The van der Waals surface area contributed by atoms with Gasteiger partial charge >= 0.3 is 0 Å². The molecule has 0 N–H and O–H groups in total. The van der Waals surface area contributed by atoms with Crippen LogP contribution in [0.25, 0.3) is 0 Å². The normalized spacial score (nSPS) is 16.1. The van der Waals surface area contributed by atoms with E-state index >= 15 is 0 Å². The molecular formula is C22H29N3O2. The zero-order valence-electron chi connectivity index (χ0n) is 16.7. The SMILES string of the molecule is CC(Oc1ccc(C(C)(C)C)cc1)C(=O)N1CCN(c2ccccn2)CC1. The van der Waals surface area contributed by atoms with E-state index in [0.717, 1.165) is 24.7 Å². The monoisotopic (exact) mass is 367 g/mol. The third-order valence-electron chi connectivity index (χ3n) is 4.95. The Morgan fingerprint density at radius 2 is 1.70 bits per heavy atom. The topological polar surface area (TPSA) is 45.7 Å². The summed E-state index contributed by atoms with van der Waals surface area (Å²) in [5.74, 6) is 1.74. The number of hydrogen-bond acceptors (Lipinski definition) is 4. The van der Waals surface area contributed by atoms with Crippen LogP contribution in [0.3, 0.4) is 0 Å². The molecule has 3 rings (SSSR count). The Bertz CT molecular complexity index is 745. The fraction of sp³-hybridized carbons (Fsp3) is 0.455. The third kappa shape index (κ3) is 4.79. The van der Waals surface area contributed by atoms with E-state index in [1.807, 2.05) is 42.2 Å². The molecule has 2 heterocycles. The first-order valence-corrected chi connectivity index (χ1v) is 9.56. The van der Waals surface area contributed by atoms with E-state index in [-0.39, 0.29) is 11.3 Å². The number of rotatable bonds is 4. The van der Waals surface area contributed by atoms with Gasteiger partial charge in [-0.1, -0.05) is 39.0 Å². The maximum atomic E-state index is 12.7. The van der Waals surface area contributed by atoms with E-state index in [0.29, 0.717) is 13.1 Å². The maximum absolute atomic E-state index is 12.7. The smallest absolute Gasteiger partial charge is 0.263 e. The highest BCUT2D eigenvalue weighted by Gasteiger charge is 2.26. The van der Waals surface area contributed by atoms with Crippen molar-refractivity contribution in [1.29, 1.82) is 0 Å². The molecule has 1 amide bonds. The van der Waals surface area contributed by atoms with Crippen molar-refractivity contribution in [2.75, 3.05) is 31.1 Å². The van der Waals surface area contributed by atoms with Crippen LogP contribution in [-0.2, 0) is 10.2 Å². The Morgan fingerprint density at radius 1 is 1.04 bits per heavy atom. The largest absolute Gasteiger partial charge is 0.481 e. The van der Waals surface area contributed by atoms with Crippen LogP contribution >= 0.6 is 0 Å². The second-order valence-corrected chi connectivity index (χ2v) is 8.03. The number of carbonyl (C=O) groups is 1. The second kappa shape index (κ2) is 7.99. The fourth-order valence-corrected chi connectivity index (χ4v) is 3.24. The minimum Gasteiger partial charge on any atom is -0.481 e. The molecule has 1 aliphatic rings. The molecule has 1 atom stereocenters. The summed E-state index contributed by atoms with van der Waals surface area (Å²) >= 11 is 0. The standard InChI is InChI=1S/C22H29N3O2/c1-17(27-19-10-8-18(9-11-19)22(2,3)4)21(26)25-15-13-24(14-16-25)20-7-5-6-12-23-20/h5-12,17H,13-16H2,1-4H3. The molecule has 0 aliphatic carbocycles. The molecule has 0 spiro atoms. The van der Waals surface area contributed by atoms with Gasteiger partial charge in [-0.3, -0.25) is 4.79 Å². The Labute approximate surface area is 162 Å². The first kappa shape index (κ1) is 19.2. The van der Waals surface area contributed by atoms with Gasteiger partial charge in [0.2, 0.25) is 0 Å². The van der Waals surface area contributed by atoms with E-state index in [1.165, 1.54) is 5.56 Å². The van der Waals surface area contributed by atoms with Crippen LogP contribution < -0.4 is 9.64 Å². The van der Waals surface area contributed by atoms with Crippen LogP contribution in [0.4, 0.5) is 5.82 Å². The number of benzene rings is 1. The van der Waals surface area contributed by atoms with Crippen molar-refractivity contribution in [3.05, 3.63) is 54.2 Å². The fourth-order valence-electron chi connectivity index (χ4n) is 3.24. The minimum absolute atomic E-state index is 0.0376. The third-order valence-corrected chi connectivity index (χ3v) is 4.95. The molecule has 2 aromatic rings. The summed E-state index contributed by atoms with van der Waals surface area (Å²) in [6.07, 6.45) is 1.31. The second-order valence-electron chi connectivity index (χ2n) is 8.03. The molecule has 0 saturated carbocycles. The average Bonchev–Trinajstić information content (AvgIpc) is 2.68. The van der Waals surface area contributed by atoms with Gasteiger partial charge in [0.05, 0.1) is 0 Å². The molecule has 0 bridgehead atoms. The number of carbonyl (C=O) groups excluding carboxylic acids is 1. The van der Waals surface area contributed by atoms with Crippen LogP contribution in [0.2, 0.25) is 0 Å². The lowest BCUT2D eigenvalue weighted by molar-refractivity contribution is -0.138. The zero-order valence-corrected chi connectivity index (χ0v) is 16.7. The molecule has 27 heavy (non-hydrogen) atoms. The first-order valence-electron chi connectivity index (χ1n) is 9.56. The number of nitrogens with zero attached hydrogens (tertiary/aromatic N) is 3. The molecule has 1 saturated heterocycles. The van der Waals surface area contributed by atoms with Gasteiger partial charge in [-0.25, -0.2) is 4.98 Å². The van der Waals surface area contributed by atoms with E-state index in [1.54, 1.807) is 6.20 Å². The number of pyridine rings is 1. The Kier molecular flexibility index (Phi) is 5.68. The maximum Gasteiger partial charge on any atom is 0.263 e. The van der Waals surface area contributed by atoms with Gasteiger partial charge in [0, 0.05) is 32.4 Å². The van der Waals surface area contributed by atoms with Gasteiger partial charge in [-0.05, 0) is 42.2 Å². The summed E-state index contributed by atoms with van der Waals surface area (Å²) in [7, 11) is 0. The van der Waals surface area contributed by atoms with E-state index in [4.69, 9.17) is 4.74 Å². The van der Waals surface area contributed by atoms with Crippen molar-refractivity contribution < 1.29 is 9.53 Å². The van der Waals surface area contributed by atoms with Crippen molar-refractivity contribution in [2.24, 2.45) is 0 Å².